The van der Waals surface area contributed by atoms with Gasteiger partial charge in [-0.3, -0.25) is 4.79 Å². The van der Waals surface area contributed by atoms with Crippen LogP contribution in [0.3, 0.4) is 0 Å². The van der Waals surface area contributed by atoms with E-state index in [0.29, 0.717) is 6.61 Å². The normalized spacial score (nSPS) is 33.3. The Balaban J connectivity index is 1.51. The lowest BCUT2D eigenvalue weighted by Gasteiger charge is -2.55. The van der Waals surface area contributed by atoms with Crippen LogP contribution in [0.25, 0.3) is 0 Å². The lowest BCUT2D eigenvalue weighted by molar-refractivity contribution is -0.140. The van der Waals surface area contributed by atoms with Gasteiger partial charge in [0.2, 0.25) is 5.91 Å². The molecule has 3 heteroatoms. The molecule has 4 aliphatic rings. The molecule has 128 valence electrons. The highest BCUT2D eigenvalue weighted by Crippen LogP contribution is 2.60. The highest BCUT2D eigenvalue weighted by molar-refractivity contribution is 5.96. The maximum atomic E-state index is 13.2. The maximum Gasteiger partial charge on any atom is 0.230 e. The molecular weight excluding hydrogens is 298 g/mol. The van der Waals surface area contributed by atoms with E-state index in [-0.39, 0.29) is 11.3 Å². The van der Waals surface area contributed by atoms with E-state index in [2.05, 4.69) is 11.9 Å². The van der Waals surface area contributed by atoms with Crippen LogP contribution in [-0.2, 0) is 4.79 Å². The van der Waals surface area contributed by atoms with E-state index in [1.54, 1.807) is 0 Å². The molecule has 0 heterocycles. The number of carbonyl (C=O) groups is 1. The summed E-state index contributed by atoms with van der Waals surface area (Å²) in [6.45, 7) is 6.29. The fourth-order valence-corrected chi connectivity index (χ4v) is 5.54. The molecule has 1 aromatic rings. The first-order valence-corrected chi connectivity index (χ1v) is 9.22. The van der Waals surface area contributed by atoms with Crippen LogP contribution in [0.15, 0.2) is 36.4 Å². The van der Waals surface area contributed by atoms with Crippen LogP contribution in [0.4, 0.5) is 5.69 Å². The molecule has 0 spiro atoms. The van der Waals surface area contributed by atoms with Gasteiger partial charge in [0.05, 0.1) is 11.1 Å². The number of hydrogen-bond acceptors (Lipinski definition) is 2. The van der Waals surface area contributed by atoms with E-state index < -0.39 is 0 Å². The molecule has 1 amide bonds. The van der Waals surface area contributed by atoms with Gasteiger partial charge in [-0.25, -0.2) is 0 Å². The van der Waals surface area contributed by atoms with Gasteiger partial charge in [-0.1, -0.05) is 18.7 Å². The second kappa shape index (κ2) is 5.94. The summed E-state index contributed by atoms with van der Waals surface area (Å²) in [7, 11) is 0. The zero-order chi connectivity index (χ0) is 16.7. The van der Waals surface area contributed by atoms with Crippen LogP contribution >= 0.6 is 0 Å². The summed E-state index contributed by atoms with van der Waals surface area (Å²) in [5, 5.41) is 3.20. The number of amides is 1. The molecule has 0 radical (unpaired) electrons. The standard InChI is InChI=1S/C21H27NO2/c1-14(2)13-24-19-6-4-3-5-18(19)22-20(23)21-10-15-7-16(11-21)9-17(8-15)12-21/h3-6,15-17H,1,7-13H2,2H3,(H,22,23). The summed E-state index contributed by atoms with van der Waals surface area (Å²) in [6, 6.07) is 7.74. The molecular formula is C21H27NO2. The van der Waals surface area contributed by atoms with Crippen LogP contribution in [0, 0.1) is 23.2 Å². The summed E-state index contributed by atoms with van der Waals surface area (Å²) in [5.74, 6) is 3.28. The van der Waals surface area contributed by atoms with Crippen molar-refractivity contribution in [2.45, 2.75) is 45.4 Å². The van der Waals surface area contributed by atoms with E-state index in [1.807, 2.05) is 31.2 Å². The first kappa shape index (κ1) is 15.7. The van der Waals surface area contributed by atoms with Crippen molar-refractivity contribution in [3.8, 4) is 5.75 Å². The number of carbonyl (C=O) groups excluding carboxylic acids is 1. The summed E-state index contributed by atoms with van der Waals surface area (Å²) in [4.78, 5) is 13.2. The quantitative estimate of drug-likeness (QED) is 0.790. The Morgan fingerprint density at radius 2 is 1.75 bits per heavy atom. The summed E-state index contributed by atoms with van der Waals surface area (Å²) < 4.78 is 5.80. The maximum absolute atomic E-state index is 13.2. The molecule has 1 N–H and O–H groups in total. The lowest BCUT2D eigenvalue weighted by Crippen LogP contribution is -2.51. The molecule has 3 nitrogen and oxygen atoms in total. The Hall–Kier alpha value is -1.77. The molecule has 0 atom stereocenters. The largest absolute Gasteiger partial charge is 0.487 e. The second-order valence-corrected chi connectivity index (χ2v) is 8.39. The Morgan fingerprint density at radius 3 is 2.33 bits per heavy atom. The van der Waals surface area contributed by atoms with Crippen molar-refractivity contribution in [1.29, 1.82) is 0 Å². The van der Waals surface area contributed by atoms with Gasteiger partial charge in [-0.2, -0.15) is 0 Å². The smallest absolute Gasteiger partial charge is 0.230 e. The van der Waals surface area contributed by atoms with Gasteiger partial charge in [-0.05, 0) is 80.9 Å². The van der Waals surface area contributed by atoms with Crippen molar-refractivity contribution in [3.05, 3.63) is 36.4 Å². The summed E-state index contributed by atoms with van der Waals surface area (Å²) in [5.41, 5.74) is 1.63. The molecule has 0 saturated heterocycles. The molecule has 5 rings (SSSR count). The van der Waals surface area contributed by atoms with Crippen LogP contribution in [0.5, 0.6) is 5.75 Å². The minimum atomic E-state index is -0.129. The van der Waals surface area contributed by atoms with Gasteiger partial charge in [0.25, 0.3) is 0 Å². The minimum Gasteiger partial charge on any atom is -0.487 e. The number of rotatable bonds is 5. The fourth-order valence-electron chi connectivity index (χ4n) is 5.54. The van der Waals surface area contributed by atoms with Crippen molar-refractivity contribution in [1.82, 2.24) is 0 Å². The van der Waals surface area contributed by atoms with E-state index in [1.165, 1.54) is 19.3 Å². The highest BCUT2D eigenvalue weighted by atomic mass is 16.5. The third-order valence-electron chi connectivity index (χ3n) is 6.13. The SMILES string of the molecule is C=C(C)COc1ccccc1NC(=O)C12CC3CC(CC(C3)C1)C2. The van der Waals surface area contributed by atoms with Gasteiger partial charge in [-0.15, -0.1) is 0 Å². The molecule has 4 aliphatic carbocycles. The summed E-state index contributed by atoms with van der Waals surface area (Å²) in [6.07, 6.45) is 7.30. The van der Waals surface area contributed by atoms with E-state index >= 15 is 0 Å². The van der Waals surface area contributed by atoms with Gasteiger partial charge in [0.1, 0.15) is 12.4 Å². The Kier molecular flexibility index (Phi) is 3.90. The first-order chi connectivity index (χ1) is 11.5. The van der Waals surface area contributed by atoms with Crippen LogP contribution in [0.1, 0.15) is 45.4 Å². The summed E-state index contributed by atoms with van der Waals surface area (Å²) >= 11 is 0. The number of nitrogens with one attached hydrogen (secondary N) is 1. The molecule has 4 fully saturated rings. The zero-order valence-corrected chi connectivity index (χ0v) is 14.5. The third-order valence-corrected chi connectivity index (χ3v) is 6.13. The van der Waals surface area contributed by atoms with E-state index in [0.717, 1.165) is 54.0 Å². The average molecular weight is 325 g/mol. The fraction of sp³-hybridized carbons (Fsp3) is 0.571. The Labute approximate surface area is 144 Å². The molecule has 0 unspecified atom stereocenters. The third kappa shape index (κ3) is 2.85. The van der Waals surface area contributed by atoms with Crippen molar-refractivity contribution in [2.75, 3.05) is 11.9 Å². The first-order valence-electron chi connectivity index (χ1n) is 9.22. The predicted octanol–water partition coefficient (Wildman–Crippen LogP) is 4.80. The Morgan fingerprint density at radius 1 is 1.17 bits per heavy atom. The van der Waals surface area contributed by atoms with Gasteiger partial charge in [0, 0.05) is 0 Å². The average Bonchev–Trinajstić information content (AvgIpc) is 2.52. The number of benzene rings is 1. The molecule has 1 aromatic carbocycles. The lowest BCUT2D eigenvalue weighted by atomic mass is 9.49. The highest BCUT2D eigenvalue weighted by Gasteiger charge is 2.54. The molecule has 0 aromatic heterocycles. The van der Waals surface area contributed by atoms with Gasteiger partial charge >= 0.3 is 0 Å². The number of ether oxygens (including phenoxy) is 1. The molecule has 4 bridgehead atoms. The number of hydrogen-bond donors (Lipinski definition) is 1. The van der Waals surface area contributed by atoms with E-state index in [9.17, 15) is 4.79 Å². The van der Waals surface area contributed by atoms with Crippen molar-refractivity contribution >= 4 is 11.6 Å². The monoisotopic (exact) mass is 325 g/mol. The zero-order valence-electron chi connectivity index (χ0n) is 14.5. The van der Waals surface area contributed by atoms with Crippen LogP contribution in [-0.4, -0.2) is 12.5 Å². The molecule has 24 heavy (non-hydrogen) atoms. The van der Waals surface area contributed by atoms with Crippen LogP contribution < -0.4 is 10.1 Å². The second-order valence-electron chi connectivity index (χ2n) is 8.39. The number of anilines is 1. The van der Waals surface area contributed by atoms with Gasteiger partial charge < -0.3 is 10.1 Å². The van der Waals surface area contributed by atoms with Crippen molar-refractivity contribution in [3.63, 3.8) is 0 Å². The predicted molar refractivity (Wildman–Crippen MR) is 96.0 cm³/mol. The van der Waals surface area contributed by atoms with Crippen molar-refractivity contribution in [2.24, 2.45) is 23.2 Å². The van der Waals surface area contributed by atoms with Gasteiger partial charge in [0.15, 0.2) is 0 Å². The molecule has 0 aliphatic heterocycles. The van der Waals surface area contributed by atoms with E-state index in [4.69, 9.17) is 4.74 Å². The minimum absolute atomic E-state index is 0.129. The molecule has 4 saturated carbocycles. The topological polar surface area (TPSA) is 38.3 Å². The Bertz CT molecular complexity index is 628. The van der Waals surface area contributed by atoms with Crippen molar-refractivity contribution < 1.29 is 9.53 Å². The number of para-hydroxylation sites is 2. The van der Waals surface area contributed by atoms with Crippen LogP contribution in [0.2, 0.25) is 0 Å².